The number of Topliss-reactive ketones (excluding diaryl/α,β-unsaturated/α-hetero) is 2. The Morgan fingerprint density at radius 2 is 1.43 bits per heavy atom. The van der Waals surface area contributed by atoms with Crippen molar-refractivity contribution in [1.82, 2.24) is 4.90 Å². The van der Waals surface area contributed by atoms with Gasteiger partial charge < -0.3 is 14.4 Å². The normalized spacial score (nSPS) is 20.4. The molecule has 1 aliphatic heterocycles. The number of halogens is 2. The van der Waals surface area contributed by atoms with Crippen LogP contribution in [0.2, 0.25) is 10.0 Å². The van der Waals surface area contributed by atoms with Gasteiger partial charge in [0, 0.05) is 64.0 Å². The van der Waals surface area contributed by atoms with Gasteiger partial charge in [-0.3, -0.25) is 9.59 Å². The summed E-state index contributed by atoms with van der Waals surface area (Å²) in [6.45, 7) is 11.2. The van der Waals surface area contributed by atoms with Crippen LogP contribution in [0.4, 0.5) is 0 Å². The van der Waals surface area contributed by atoms with Crippen LogP contribution in [0.15, 0.2) is 58.9 Å². The zero-order valence-corrected chi connectivity index (χ0v) is 25.6. The Morgan fingerprint density at radius 1 is 0.825 bits per heavy atom. The molecule has 5 rings (SSSR count). The summed E-state index contributed by atoms with van der Waals surface area (Å²) < 4.78 is 12.2. The van der Waals surface area contributed by atoms with Gasteiger partial charge in [-0.1, -0.05) is 63.0 Å². The van der Waals surface area contributed by atoms with Gasteiger partial charge in [0.1, 0.15) is 6.61 Å². The standard InChI is InChI=1S/C33H37Cl2NO4/c1-7-39-28-12-19(9-11-27(28)40-18-20-8-10-21(34)13-22(20)35)29-30-23(14-32(2,3)16-25(30)37)36(6)24-15-33(4,5)17-26(38)31(24)29/h8-13,29H,7,14-18H2,1-6H3. The molecular weight excluding hydrogens is 545 g/mol. The van der Waals surface area contributed by atoms with Crippen LogP contribution < -0.4 is 9.47 Å². The maximum atomic E-state index is 13.8. The number of ketones is 2. The highest BCUT2D eigenvalue weighted by molar-refractivity contribution is 6.35. The van der Waals surface area contributed by atoms with Crippen molar-refractivity contribution in [2.24, 2.45) is 10.8 Å². The Labute approximate surface area is 247 Å². The first kappa shape index (κ1) is 28.8. The minimum Gasteiger partial charge on any atom is -0.490 e. The van der Waals surface area contributed by atoms with E-state index in [0.29, 0.717) is 41.0 Å². The molecule has 7 heteroatoms. The lowest BCUT2D eigenvalue weighted by Gasteiger charge is -2.47. The van der Waals surface area contributed by atoms with Crippen molar-refractivity contribution in [2.75, 3.05) is 13.7 Å². The molecular formula is C33H37Cl2NO4. The van der Waals surface area contributed by atoms with Gasteiger partial charge in [-0.15, -0.1) is 0 Å². The number of allylic oxidation sites excluding steroid dienone is 4. The first-order chi connectivity index (χ1) is 18.8. The molecule has 2 aliphatic carbocycles. The second-order valence-electron chi connectivity index (χ2n) is 12.8. The van der Waals surface area contributed by atoms with E-state index in [-0.39, 0.29) is 29.0 Å². The Morgan fingerprint density at radius 3 is 1.98 bits per heavy atom. The third kappa shape index (κ3) is 5.43. The summed E-state index contributed by atoms with van der Waals surface area (Å²) in [6.07, 6.45) is 2.49. The fourth-order valence-electron chi connectivity index (χ4n) is 6.38. The van der Waals surface area contributed by atoms with Gasteiger partial charge in [0.25, 0.3) is 0 Å². The number of carbonyl (C=O) groups excluding carboxylic acids is 2. The van der Waals surface area contributed by atoms with Crippen molar-refractivity contribution >= 4 is 34.8 Å². The number of carbonyl (C=O) groups is 2. The van der Waals surface area contributed by atoms with E-state index in [1.807, 2.05) is 38.2 Å². The first-order valence-electron chi connectivity index (χ1n) is 13.9. The van der Waals surface area contributed by atoms with Gasteiger partial charge in [0.15, 0.2) is 23.1 Å². The zero-order chi connectivity index (χ0) is 29.0. The predicted octanol–water partition coefficient (Wildman–Crippen LogP) is 8.29. The molecule has 212 valence electrons. The maximum absolute atomic E-state index is 13.8. The van der Waals surface area contributed by atoms with E-state index in [0.717, 1.165) is 46.5 Å². The second-order valence-corrected chi connectivity index (χ2v) is 13.6. The molecule has 0 saturated carbocycles. The van der Waals surface area contributed by atoms with Gasteiger partial charge >= 0.3 is 0 Å². The summed E-state index contributed by atoms with van der Waals surface area (Å²) in [4.78, 5) is 29.7. The zero-order valence-electron chi connectivity index (χ0n) is 24.1. The fraction of sp³-hybridized carbons (Fsp3) is 0.455. The molecule has 0 bridgehead atoms. The lowest BCUT2D eigenvalue weighted by molar-refractivity contribution is -0.119. The molecule has 5 nitrogen and oxygen atoms in total. The number of nitrogens with zero attached hydrogens (tertiary/aromatic N) is 1. The van der Waals surface area contributed by atoms with Crippen molar-refractivity contribution < 1.29 is 19.1 Å². The third-order valence-corrected chi connectivity index (χ3v) is 8.77. The van der Waals surface area contributed by atoms with Crippen LogP contribution in [0.1, 0.15) is 77.3 Å². The number of ether oxygens (including phenoxy) is 2. The highest BCUT2D eigenvalue weighted by atomic mass is 35.5. The van der Waals surface area contributed by atoms with E-state index in [1.165, 1.54) is 0 Å². The molecule has 0 fully saturated rings. The minimum atomic E-state index is -0.424. The lowest BCUT2D eigenvalue weighted by atomic mass is 9.64. The number of hydrogen-bond acceptors (Lipinski definition) is 5. The topological polar surface area (TPSA) is 55.8 Å². The molecule has 2 aromatic carbocycles. The van der Waals surface area contributed by atoms with Crippen molar-refractivity contribution in [3.8, 4) is 11.5 Å². The summed E-state index contributed by atoms with van der Waals surface area (Å²) in [5.41, 5.74) is 4.96. The summed E-state index contributed by atoms with van der Waals surface area (Å²) >= 11 is 12.4. The van der Waals surface area contributed by atoms with Crippen LogP contribution in [0.25, 0.3) is 0 Å². The van der Waals surface area contributed by atoms with E-state index in [4.69, 9.17) is 32.7 Å². The first-order valence-corrected chi connectivity index (χ1v) is 14.7. The molecule has 40 heavy (non-hydrogen) atoms. The van der Waals surface area contributed by atoms with E-state index >= 15 is 0 Å². The van der Waals surface area contributed by atoms with Gasteiger partial charge in [0.2, 0.25) is 0 Å². The summed E-state index contributed by atoms with van der Waals surface area (Å²) in [5, 5.41) is 1.10. The van der Waals surface area contributed by atoms with Crippen LogP contribution in [0.3, 0.4) is 0 Å². The Hall–Kier alpha value is -2.76. The van der Waals surface area contributed by atoms with Crippen LogP contribution in [-0.2, 0) is 16.2 Å². The molecule has 0 amide bonds. The van der Waals surface area contributed by atoms with E-state index in [9.17, 15) is 9.59 Å². The lowest BCUT2D eigenvalue weighted by Crippen LogP contribution is -2.43. The molecule has 0 radical (unpaired) electrons. The number of hydrogen-bond donors (Lipinski definition) is 0. The summed E-state index contributed by atoms with van der Waals surface area (Å²) in [6, 6.07) is 11.1. The summed E-state index contributed by atoms with van der Waals surface area (Å²) in [7, 11) is 2.02. The van der Waals surface area contributed by atoms with Gasteiger partial charge in [-0.05, 0) is 60.4 Å². The molecule has 2 aromatic rings. The van der Waals surface area contributed by atoms with Gasteiger partial charge in [0.05, 0.1) is 6.61 Å². The quantitative estimate of drug-likeness (QED) is 0.343. The third-order valence-electron chi connectivity index (χ3n) is 8.18. The Bertz CT molecular complexity index is 1400. The molecule has 0 spiro atoms. The highest BCUT2D eigenvalue weighted by Gasteiger charge is 2.48. The Balaban J connectivity index is 1.59. The van der Waals surface area contributed by atoms with E-state index in [2.05, 4.69) is 32.6 Å². The molecule has 0 atom stereocenters. The smallest absolute Gasteiger partial charge is 0.162 e. The van der Waals surface area contributed by atoms with Gasteiger partial charge in [-0.2, -0.15) is 0 Å². The fourth-order valence-corrected chi connectivity index (χ4v) is 6.85. The van der Waals surface area contributed by atoms with E-state index < -0.39 is 5.92 Å². The molecule has 0 unspecified atom stereocenters. The van der Waals surface area contributed by atoms with Crippen LogP contribution in [0.5, 0.6) is 11.5 Å². The predicted molar refractivity (Wildman–Crippen MR) is 159 cm³/mol. The SMILES string of the molecule is CCOc1cc(C2C3=C(CC(C)(C)CC3=O)N(C)C3=C2C(=O)CC(C)(C)C3)ccc1OCc1ccc(Cl)cc1Cl. The van der Waals surface area contributed by atoms with Crippen molar-refractivity contribution in [2.45, 2.75) is 72.8 Å². The number of rotatable bonds is 6. The number of benzene rings is 2. The van der Waals surface area contributed by atoms with E-state index in [1.54, 1.807) is 12.1 Å². The maximum Gasteiger partial charge on any atom is 0.162 e. The minimum absolute atomic E-state index is 0.114. The molecule has 0 aromatic heterocycles. The molecule has 0 N–H and O–H groups in total. The van der Waals surface area contributed by atoms with Crippen LogP contribution >= 0.6 is 23.2 Å². The van der Waals surface area contributed by atoms with Crippen LogP contribution in [-0.4, -0.2) is 30.1 Å². The molecule has 0 saturated heterocycles. The Kier molecular flexibility index (Phi) is 7.60. The van der Waals surface area contributed by atoms with Crippen molar-refractivity contribution in [3.63, 3.8) is 0 Å². The molecule has 3 aliphatic rings. The van der Waals surface area contributed by atoms with Gasteiger partial charge in [-0.25, -0.2) is 0 Å². The van der Waals surface area contributed by atoms with Crippen LogP contribution in [0, 0.1) is 10.8 Å². The molecule has 1 heterocycles. The summed E-state index contributed by atoms with van der Waals surface area (Å²) in [5.74, 6) is 0.943. The average Bonchev–Trinajstić information content (AvgIpc) is 2.84. The average molecular weight is 583 g/mol. The van der Waals surface area contributed by atoms with Crippen molar-refractivity contribution in [3.05, 3.63) is 80.1 Å². The highest BCUT2D eigenvalue weighted by Crippen LogP contribution is 2.54. The van der Waals surface area contributed by atoms with Crippen molar-refractivity contribution in [1.29, 1.82) is 0 Å². The second kappa shape index (κ2) is 10.6. The monoisotopic (exact) mass is 581 g/mol. The largest absolute Gasteiger partial charge is 0.490 e.